The zero-order valence-electron chi connectivity index (χ0n) is 3.29. The van der Waals surface area contributed by atoms with E-state index in [-0.39, 0.29) is 9.52 Å². The highest BCUT2D eigenvalue weighted by Gasteiger charge is 1.72. The highest BCUT2D eigenvalue weighted by molar-refractivity contribution is 6.62. The van der Waals surface area contributed by atoms with Gasteiger partial charge in [0.25, 0.3) is 0 Å². The van der Waals surface area contributed by atoms with Gasteiger partial charge < -0.3 is 0 Å². The van der Waals surface area contributed by atoms with Gasteiger partial charge in [-0.05, 0) is 4.66 Å². The number of hydrogen-bond acceptors (Lipinski definition) is 0. The lowest BCUT2D eigenvalue weighted by molar-refractivity contribution is 2.20. The molecular formula is C3H7ClSi. The fourth-order valence-electron chi connectivity index (χ4n) is 0. The Morgan fingerprint density at radius 2 is 2.20 bits per heavy atom. The Balaban J connectivity index is 2.85. The maximum absolute atomic E-state index is 5.33. The standard InChI is InChI=1S/C3H7ClSi/c1-3(4)5-2/h1,5H2,2H3. The molecule has 5 heavy (non-hydrogen) atoms. The topological polar surface area (TPSA) is 0 Å². The first-order valence-electron chi connectivity index (χ1n) is 1.60. The Bertz CT molecular complexity index is 42.2. The Labute approximate surface area is 39.7 Å². The first-order chi connectivity index (χ1) is 2.27. The van der Waals surface area contributed by atoms with Gasteiger partial charge >= 0.3 is 0 Å². The molecule has 0 aromatic heterocycles. The SMILES string of the molecule is C=C(Cl)[SiH2]C. The van der Waals surface area contributed by atoms with Gasteiger partial charge in [0.05, 0.1) is 9.52 Å². The highest BCUT2D eigenvalue weighted by Crippen LogP contribution is 1.88. The van der Waals surface area contributed by atoms with Crippen molar-refractivity contribution in [1.82, 2.24) is 0 Å². The normalized spacial score (nSPS) is 10.0. The largest absolute Gasteiger partial charge is 0.0957 e. The molecule has 0 atom stereocenters. The Morgan fingerprint density at radius 3 is 2.20 bits per heavy atom. The molecule has 0 bridgehead atoms. The zero-order chi connectivity index (χ0) is 4.28. The molecule has 0 aromatic rings. The van der Waals surface area contributed by atoms with E-state index in [1.807, 2.05) is 0 Å². The fourth-order valence-corrected chi connectivity index (χ4v) is 0. The summed E-state index contributed by atoms with van der Waals surface area (Å²) in [5.41, 5.74) is 0. The summed E-state index contributed by atoms with van der Waals surface area (Å²) in [5.74, 6) is 0. The van der Waals surface area contributed by atoms with Crippen molar-refractivity contribution in [1.29, 1.82) is 0 Å². The Hall–Kier alpha value is 0.247. The molecule has 0 aromatic carbocycles. The van der Waals surface area contributed by atoms with E-state index >= 15 is 0 Å². The van der Waals surface area contributed by atoms with Crippen LogP contribution < -0.4 is 0 Å². The van der Waals surface area contributed by atoms with Gasteiger partial charge in [0, 0.05) is 0 Å². The van der Waals surface area contributed by atoms with Gasteiger partial charge in [0.2, 0.25) is 0 Å². The molecule has 0 unspecified atom stereocenters. The lowest BCUT2D eigenvalue weighted by atomic mass is 11.2. The van der Waals surface area contributed by atoms with Crippen LogP contribution in [0.1, 0.15) is 0 Å². The molecule has 0 aliphatic rings. The van der Waals surface area contributed by atoms with Crippen molar-refractivity contribution in [3.8, 4) is 0 Å². The van der Waals surface area contributed by atoms with Gasteiger partial charge in [-0.1, -0.05) is 24.7 Å². The predicted octanol–water partition coefficient (Wildman–Crippen LogP) is 0.913. The molecule has 0 fully saturated rings. The molecule has 0 saturated heterocycles. The maximum atomic E-state index is 5.33. The molecule has 0 aliphatic heterocycles. The third kappa shape index (κ3) is 4.25. The summed E-state index contributed by atoms with van der Waals surface area (Å²) in [7, 11) is -0.0802. The van der Waals surface area contributed by atoms with Gasteiger partial charge in [-0.25, -0.2) is 0 Å². The van der Waals surface area contributed by atoms with Gasteiger partial charge in [-0.3, -0.25) is 0 Å². The molecule has 0 rings (SSSR count). The van der Waals surface area contributed by atoms with E-state index in [0.29, 0.717) is 0 Å². The summed E-state index contributed by atoms with van der Waals surface area (Å²) in [5, 5.41) is 0. The molecule has 0 heterocycles. The van der Waals surface area contributed by atoms with Crippen LogP contribution in [0.3, 0.4) is 0 Å². The van der Waals surface area contributed by atoms with Crippen LogP contribution in [0.4, 0.5) is 0 Å². The average molecular weight is 107 g/mol. The minimum Gasteiger partial charge on any atom is -0.0957 e. The molecule has 0 aliphatic carbocycles. The lowest BCUT2D eigenvalue weighted by Gasteiger charge is -1.74. The molecule has 30 valence electrons. The van der Waals surface area contributed by atoms with E-state index in [1.165, 1.54) is 0 Å². The van der Waals surface area contributed by atoms with E-state index < -0.39 is 0 Å². The average Bonchev–Trinajstić information content (AvgIpc) is 1.38. The van der Waals surface area contributed by atoms with Crippen LogP contribution in [0.15, 0.2) is 11.2 Å². The van der Waals surface area contributed by atoms with Gasteiger partial charge in [-0.2, -0.15) is 0 Å². The zero-order valence-corrected chi connectivity index (χ0v) is 5.46. The third-order valence-electron chi connectivity index (χ3n) is 0.384. The van der Waals surface area contributed by atoms with Crippen molar-refractivity contribution in [3.63, 3.8) is 0 Å². The Morgan fingerprint density at radius 1 is 2.00 bits per heavy atom. The van der Waals surface area contributed by atoms with Crippen molar-refractivity contribution in [2.75, 3.05) is 0 Å². The number of halogens is 1. The molecule has 0 saturated carbocycles. The van der Waals surface area contributed by atoms with Crippen LogP contribution in [0.5, 0.6) is 0 Å². The second-order valence-corrected chi connectivity index (χ2v) is 3.41. The van der Waals surface area contributed by atoms with E-state index in [0.717, 1.165) is 4.66 Å². The van der Waals surface area contributed by atoms with E-state index in [2.05, 4.69) is 13.1 Å². The van der Waals surface area contributed by atoms with Crippen molar-refractivity contribution < 1.29 is 0 Å². The van der Waals surface area contributed by atoms with Crippen molar-refractivity contribution in [3.05, 3.63) is 11.2 Å². The summed E-state index contributed by atoms with van der Waals surface area (Å²) >= 11 is 5.33. The first kappa shape index (κ1) is 5.25. The summed E-state index contributed by atoms with van der Waals surface area (Å²) in [6.07, 6.45) is 0. The lowest BCUT2D eigenvalue weighted by Crippen LogP contribution is -1.73. The predicted molar refractivity (Wildman–Crippen MR) is 29.4 cm³/mol. The summed E-state index contributed by atoms with van der Waals surface area (Å²) in [4.78, 5) is 0. The molecule has 0 N–H and O–H groups in total. The molecule has 0 radical (unpaired) electrons. The maximum Gasteiger partial charge on any atom is 0.0656 e. The minimum atomic E-state index is -0.0802. The monoisotopic (exact) mass is 106 g/mol. The van der Waals surface area contributed by atoms with Gasteiger partial charge in [0.1, 0.15) is 0 Å². The fraction of sp³-hybridized carbons (Fsp3) is 0.333. The van der Waals surface area contributed by atoms with Crippen molar-refractivity contribution in [2.45, 2.75) is 6.55 Å². The van der Waals surface area contributed by atoms with Gasteiger partial charge in [-0.15, -0.1) is 0 Å². The molecular weight excluding hydrogens is 99.6 g/mol. The van der Waals surface area contributed by atoms with E-state index in [1.54, 1.807) is 0 Å². The quantitative estimate of drug-likeness (QED) is 0.436. The second kappa shape index (κ2) is 2.48. The molecule has 0 spiro atoms. The minimum absolute atomic E-state index is 0.0802. The summed E-state index contributed by atoms with van der Waals surface area (Å²) < 4.78 is 0.866. The Kier molecular flexibility index (Phi) is 2.60. The third-order valence-corrected chi connectivity index (χ3v) is 1.95. The van der Waals surface area contributed by atoms with E-state index in [4.69, 9.17) is 11.6 Å². The summed E-state index contributed by atoms with van der Waals surface area (Å²) in [6.45, 7) is 5.61. The van der Waals surface area contributed by atoms with Crippen LogP contribution in [0.2, 0.25) is 6.55 Å². The van der Waals surface area contributed by atoms with Crippen LogP contribution in [0.25, 0.3) is 0 Å². The van der Waals surface area contributed by atoms with Crippen molar-refractivity contribution >= 4 is 21.1 Å². The van der Waals surface area contributed by atoms with Crippen LogP contribution in [-0.4, -0.2) is 9.52 Å². The van der Waals surface area contributed by atoms with Crippen LogP contribution in [0, 0.1) is 0 Å². The van der Waals surface area contributed by atoms with E-state index in [9.17, 15) is 0 Å². The van der Waals surface area contributed by atoms with Gasteiger partial charge in [0.15, 0.2) is 0 Å². The molecule has 2 heteroatoms. The highest BCUT2D eigenvalue weighted by atomic mass is 35.5. The number of hydrogen-bond donors (Lipinski definition) is 0. The van der Waals surface area contributed by atoms with Crippen LogP contribution in [-0.2, 0) is 0 Å². The summed E-state index contributed by atoms with van der Waals surface area (Å²) in [6, 6.07) is 0. The first-order valence-corrected chi connectivity index (χ1v) is 4.10. The number of rotatable bonds is 1. The van der Waals surface area contributed by atoms with Crippen LogP contribution >= 0.6 is 11.6 Å². The molecule has 0 amide bonds. The molecule has 0 nitrogen and oxygen atoms in total. The second-order valence-electron chi connectivity index (χ2n) is 0.871. The van der Waals surface area contributed by atoms with Crippen molar-refractivity contribution in [2.24, 2.45) is 0 Å². The smallest absolute Gasteiger partial charge is 0.0656 e.